The van der Waals surface area contributed by atoms with Gasteiger partial charge in [-0.1, -0.05) is 48.5 Å². The van der Waals surface area contributed by atoms with Gasteiger partial charge in [-0.3, -0.25) is 5.01 Å². The highest BCUT2D eigenvalue weighted by Gasteiger charge is 2.37. The monoisotopic (exact) mass is 265 g/mol. The van der Waals surface area contributed by atoms with Gasteiger partial charge < -0.3 is 5.73 Å². The first-order valence-corrected chi connectivity index (χ1v) is 6.78. The van der Waals surface area contributed by atoms with Gasteiger partial charge in [0.15, 0.2) is 0 Å². The highest BCUT2D eigenvalue weighted by atomic mass is 15.6. The molecule has 0 amide bonds. The molecule has 20 heavy (non-hydrogen) atoms. The van der Waals surface area contributed by atoms with Crippen LogP contribution >= 0.6 is 0 Å². The van der Waals surface area contributed by atoms with Crippen LogP contribution in [-0.2, 0) is 0 Å². The van der Waals surface area contributed by atoms with Crippen LogP contribution in [0.5, 0.6) is 0 Å². The third-order valence-electron chi connectivity index (χ3n) is 3.59. The molecule has 102 valence electrons. The number of anilines is 1. The maximum atomic E-state index is 6.41. The number of hydrogen-bond acceptors (Lipinski definition) is 3. The van der Waals surface area contributed by atoms with Gasteiger partial charge in [0.05, 0.1) is 11.2 Å². The molecule has 0 aliphatic carbocycles. The summed E-state index contributed by atoms with van der Waals surface area (Å²) in [5, 5.41) is 1.96. The maximum Gasteiger partial charge on any atom is 0.124 e. The van der Waals surface area contributed by atoms with Gasteiger partial charge in [0, 0.05) is 5.57 Å². The zero-order chi connectivity index (χ0) is 14.2. The summed E-state index contributed by atoms with van der Waals surface area (Å²) in [5.41, 5.74) is 13.0. The first-order valence-electron chi connectivity index (χ1n) is 6.78. The third kappa shape index (κ3) is 2.06. The van der Waals surface area contributed by atoms with E-state index in [1.165, 1.54) is 0 Å². The molecule has 0 spiro atoms. The van der Waals surface area contributed by atoms with Crippen molar-refractivity contribution in [3.63, 3.8) is 0 Å². The number of benzene rings is 2. The second-order valence-electron chi connectivity index (χ2n) is 5.53. The Morgan fingerprint density at radius 2 is 1.45 bits per heavy atom. The lowest BCUT2D eigenvalue weighted by Crippen LogP contribution is -2.44. The minimum Gasteiger partial charge on any atom is -0.384 e. The lowest BCUT2D eigenvalue weighted by molar-refractivity contribution is 0.520. The van der Waals surface area contributed by atoms with Crippen LogP contribution in [0.25, 0.3) is 5.57 Å². The molecule has 0 fully saturated rings. The summed E-state index contributed by atoms with van der Waals surface area (Å²) in [6.45, 7) is 4.29. The average molecular weight is 265 g/mol. The Bertz CT molecular complexity index is 630. The summed E-state index contributed by atoms with van der Waals surface area (Å²) in [5.74, 6) is 0.757. The Morgan fingerprint density at radius 1 is 0.900 bits per heavy atom. The third-order valence-corrected chi connectivity index (χ3v) is 3.59. The molecule has 1 heterocycles. The van der Waals surface area contributed by atoms with Crippen molar-refractivity contribution in [3.05, 3.63) is 72.0 Å². The molecule has 0 radical (unpaired) electrons. The van der Waals surface area contributed by atoms with Crippen molar-refractivity contribution < 1.29 is 0 Å². The topological polar surface area (TPSA) is 41.3 Å². The predicted octanol–water partition coefficient (Wildman–Crippen LogP) is 3.12. The molecule has 3 heteroatoms. The summed E-state index contributed by atoms with van der Waals surface area (Å²) in [6, 6.07) is 20.4. The molecule has 0 saturated heterocycles. The lowest BCUT2D eigenvalue weighted by Gasteiger charge is -2.26. The zero-order valence-electron chi connectivity index (χ0n) is 11.8. The smallest absolute Gasteiger partial charge is 0.124 e. The molecule has 0 bridgehead atoms. The van der Waals surface area contributed by atoms with Gasteiger partial charge in [-0.2, -0.15) is 0 Å². The highest BCUT2D eigenvalue weighted by Crippen LogP contribution is 2.36. The number of nitrogens with zero attached hydrogens (tertiary/aromatic N) is 1. The van der Waals surface area contributed by atoms with E-state index in [9.17, 15) is 0 Å². The minimum absolute atomic E-state index is 0.207. The van der Waals surface area contributed by atoms with Gasteiger partial charge >= 0.3 is 0 Å². The van der Waals surface area contributed by atoms with E-state index in [0.717, 1.165) is 22.6 Å². The molecular formula is C17H19N3. The Balaban J connectivity index is 2.09. The lowest BCUT2D eigenvalue weighted by atomic mass is 9.90. The molecule has 2 aromatic rings. The molecule has 0 aromatic heterocycles. The molecule has 0 saturated carbocycles. The van der Waals surface area contributed by atoms with Gasteiger partial charge in [0.25, 0.3) is 0 Å². The normalized spacial score (nSPS) is 17.6. The van der Waals surface area contributed by atoms with Crippen LogP contribution in [0.1, 0.15) is 19.4 Å². The molecule has 0 atom stereocenters. The summed E-state index contributed by atoms with van der Waals surface area (Å²) in [7, 11) is 0. The SMILES string of the molecule is CC1(C)NN(c2ccccc2)C(N)=C1c1ccccc1. The van der Waals surface area contributed by atoms with E-state index in [4.69, 9.17) is 5.73 Å². The molecule has 1 aliphatic heterocycles. The summed E-state index contributed by atoms with van der Waals surface area (Å²) in [4.78, 5) is 0. The van der Waals surface area contributed by atoms with Crippen LogP contribution in [0.2, 0.25) is 0 Å². The molecule has 3 nitrogen and oxygen atoms in total. The number of hydrazine groups is 1. The van der Waals surface area contributed by atoms with Crippen molar-refractivity contribution >= 4 is 11.3 Å². The van der Waals surface area contributed by atoms with E-state index in [0.29, 0.717) is 0 Å². The maximum absolute atomic E-state index is 6.41. The fraction of sp³-hybridized carbons (Fsp3) is 0.176. The van der Waals surface area contributed by atoms with Crippen LogP contribution in [0.4, 0.5) is 5.69 Å². The first-order chi connectivity index (χ1) is 9.59. The Kier molecular flexibility index (Phi) is 2.99. The molecule has 0 unspecified atom stereocenters. The fourth-order valence-electron chi connectivity index (χ4n) is 2.72. The Hall–Kier alpha value is -2.26. The average Bonchev–Trinajstić information content (AvgIpc) is 2.71. The van der Waals surface area contributed by atoms with E-state index in [-0.39, 0.29) is 5.54 Å². The van der Waals surface area contributed by atoms with Crippen molar-refractivity contribution in [1.29, 1.82) is 0 Å². The zero-order valence-corrected chi connectivity index (χ0v) is 11.8. The number of rotatable bonds is 2. The minimum atomic E-state index is -0.207. The first kappa shape index (κ1) is 12.8. The van der Waals surface area contributed by atoms with Crippen LogP contribution in [0.15, 0.2) is 66.5 Å². The fourth-order valence-corrected chi connectivity index (χ4v) is 2.72. The van der Waals surface area contributed by atoms with E-state index in [1.54, 1.807) is 0 Å². The van der Waals surface area contributed by atoms with Crippen LogP contribution in [0.3, 0.4) is 0 Å². The van der Waals surface area contributed by atoms with Crippen LogP contribution < -0.4 is 16.2 Å². The van der Waals surface area contributed by atoms with E-state index >= 15 is 0 Å². The standard InChI is InChI=1S/C17H19N3/c1-17(2)15(13-9-5-3-6-10-13)16(18)20(19-17)14-11-7-4-8-12-14/h3-12,19H,18H2,1-2H3. The Labute approximate surface area is 119 Å². The van der Waals surface area contributed by atoms with Crippen molar-refractivity contribution in [3.8, 4) is 0 Å². The van der Waals surface area contributed by atoms with E-state index in [2.05, 4.69) is 31.4 Å². The van der Waals surface area contributed by atoms with Gasteiger partial charge in [-0.15, -0.1) is 0 Å². The Morgan fingerprint density at radius 3 is 2.05 bits per heavy atom. The molecule has 3 rings (SSSR count). The van der Waals surface area contributed by atoms with Gasteiger partial charge in [0.1, 0.15) is 5.82 Å². The molecule has 3 N–H and O–H groups in total. The summed E-state index contributed by atoms with van der Waals surface area (Å²) < 4.78 is 0. The largest absolute Gasteiger partial charge is 0.384 e. The van der Waals surface area contributed by atoms with Crippen molar-refractivity contribution in [2.24, 2.45) is 5.73 Å². The predicted molar refractivity (Wildman–Crippen MR) is 83.7 cm³/mol. The highest BCUT2D eigenvalue weighted by molar-refractivity contribution is 5.81. The second kappa shape index (κ2) is 4.69. The summed E-state index contributed by atoms with van der Waals surface area (Å²) in [6.07, 6.45) is 0. The van der Waals surface area contributed by atoms with Gasteiger partial charge in [-0.05, 0) is 31.5 Å². The van der Waals surface area contributed by atoms with Crippen molar-refractivity contribution in [2.45, 2.75) is 19.4 Å². The summed E-state index contributed by atoms with van der Waals surface area (Å²) >= 11 is 0. The molecule has 2 aromatic carbocycles. The number of nitrogens with two attached hydrogens (primary N) is 1. The van der Waals surface area contributed by atoms with E-state index < -0.39 is 0 Å². The van der Waals surface area contributed by atoms with Crippen molar-refractivity contribution in [1.82, 2.24) is 5.43 Å². The van der Waals surface area contributed by atoms with Crippen LogP contribution in [0, 0.1) is 0 Å². The van der Waals surface area contributed by atoms with Crippen molar-refractivity contribution in [2.75, 3.05) is 5.01 Å². The van der Waals surface area contributed by atoms with Gasteiger partial charge in [0.2, 0.25) is 0 Å². The number of nitrogens with one attached hydrogen (secondary N) is 1. The van der Waals surface area contributed by atoms with Crippen LogP contribution in [-0.4, -0.2) is 5.54 Å². The quantitative estimate of drug-likeness (QED) is 0.876. The van der Waals surface area contributed by atoms with E-state index in [1.807, 2.05) is 53.5 Å². The molecular weight excluding hydrogens is 246 g/mol. The molecule has 1 aliphatic rings. The number of hydrogen-bond donors (Lipinski definition) is 2. The number of para-hydroxylation sites is 1. The second-order valence-corrected chi connectivity index (χ2v) is 5.53. The van der Waals surface area contributed by atoms with Gasteiger partial charge in [-0.25, -0.2) is 5.43 Å².